The SMILES string of the molecule is CS(=O)(=O)CC(O)c1cscc1Br. The van der Waals surface area contributed by atoms with Crippen molar-refractivity contribution < 1.29 is 13.5 Å². The number of thiophene rings is 1. The molecule has 1 aromatic heterocycles. The third kappa shape index (κ3) is 3.38. The highest BCUT2D eigenvalue weighted by Crippen LogP contribution is 2.27. The van der Waals surface area contributed by atoms with Gasteiger partial charge in [-0.25, -0.2) is 8.42 Å². The van der Waals surface area contributed by atoms with Gasteiger partial charge in [0, 0.05) is 21.7 Å². The van der Waals surface area contributed by atoms with Crippen LogP contribution in [0.3, 0.4) is 0 Å². The van der Waals surface area contributed by atoms with E-state index in [-0.39, 0.29) is 5.75 Å². The summed E-state index contributed by atoms with van der Waals surface area (Å²) in [6.07, 6.45) is 0.173. The highest BCUT2D eigenvalue weighted by atomic mass is 79.9. The van der Waals surface area contributed by atoms with Crippen LogP contribution in [0.5, 0.6) is 0 Å². The summed E-state index contributed by atoms with van der Waals surface area (Å²) in [5.74, 6) is -0.234. The largest absolute Gasteiger partial charge is 0.387 e. The van der Waals surface area contributed by atoms with Gasteiger partial charge in [-0.05, 0) is 21.3 Å². The molecule has 0 saturated heterocycles. The fraction of sp³-hybridized carbons (Fsp3) is 0.429. The van der Waals surface area contributed by atoms with Crippen LogP contribution in [0.4, 0.5) is 0 Å². The Morgan fingerprint density at radius 3 is 2.62 bits per heavy atom. The predicted octanol–water partition coefficient (Wildman–Crippen LogP) is 1.59. The van der Waals surface area contributed by atoms with E-state index in [1.165, 1.54) is 11.3 Å². The van der Waals surface area contributed by atoms with Crippen LogP contribution in [0.25, 0.3) is 0 Å². The Balaban J connectivity index is 2.81. The second kappa shape index (κ2) is 4.08. The molecule has 1 aromatic rings. The quantitative estimate of drug-likeness (QED) is 0.917. The van der Waals surface area contributed by atoms with E-state index < -0.39 is 15.9 Å². The Morgan fingerprint density at radius 1 is 1.62 bits per heavy atom. The van der Waals surface area contributed by atoms with Gasteiger partial charge < -0.3 is 5.11 Å². The second-order valence-electron chi connectivity index (χ2n) is 2.78. The van der Waals surface area contributed by atoms with E-state index in [0.717, 1.165) is 10.7 Å². The lowest BCUT2D eigenvalue weighted by atomic mass is 10.2. The molecule has 1 atom stereocenters. The molecule has 1 unspecified atom stereocenters. The number of halogens is 1. The van der Waals surface area contributed by atoms with Crippen molar-refractivity contribution in [3.63, 3.8) is 0 Å². The molecular formula is C7H9BrO3S2. The number of aliphatic hydroxyl groups excluding tert-OH is 1. The van der Waals surface area contributed by atoms with Crippen molar-refractivity contribution >= 4 is 37.1 Å². The summed E-state index contributed by atoms with van der Waals surface area (Å²) >= 11 is 4.65. The average Bonchev–Trinajstić information content (AvgIpc) is 2.30. The Morgan fingerprint density at radius 2 is 2.23 bits per heavy atom. The topological polar surface area (TPSA) is 54.4 Å². The molecule has 0 aliphatic heterocycles. The summed E-state index contributed by atoms with van der Waals surface area (Å²) < 4.78 is 22.5. The van der Waals surface area contributed by atoms with Crippen molar-refractivity contribution in [1.82, 2.24) is 0 Å². The lowest BCUT2D eigenvalue weighted by molar-refractivity contribution is 0.201. The highest BCUT2D eigenvalue weighted by molar-refractivity contribution is 9.10. The molecule has 6 heteroatoms. The minimum atomic E-state index is -3.13. The van der Waals surface area contributed by atoms with Crippen molar-refractivity contribution in [2.45, 2.75) is 6.10 Å². The van der Waals surface area contributed by atoms with E-state index in [9.17, 15) is 13.5 Å². The second-order valence-corrected chi connectivity index (χ2v) is 6.57. The van der Waals surface area contributed by atoms with Crippen LogP contribution in [0.2, 0.25) is 0 Å². The summed E-state index contributed by atoms with van der Waals surface area (Å²) in [7, 11) is -3.13. The number of hydrogen-bond acceptors (Lipinski definition) is 4. The van der Waals surface area contributed by atoms with Crippen LogP contribution in [-0.2, 0) is 9.84 Å². The molecule has 3 nitrogen and oxygen atoms in total. The van der Waals surface area contributed by atoms with Gasteiger partial charge >= 0.3 is 0 Å². The van der Waals surface area contributed by atoms with E-state index in [0.29, 0.717) is 5.56 Å². The van der Waals surface area contributed by atoms with Crippen LogP contribution in [0, 0.1) is 0 Å². The summed E-state index contributed by atoms with van der Waals surface area (Å²) in [4.78, 5) is 0. The molecule has 13 heavy (non-hydrogen) atoms. The van der Waals surface area contributed by atoms with Crippen LogP contribution < -0.4 is 0 Å². The van der Waals surface area contributed by atoms with Crippen molar-refractivity contribution in [2.24, 2.45) is 0 Å². The lowest BCUT2D eigenvalue weighted by Crippen LogP contribution is -2.12. The number of aliphatic hydroxyl groups is 1. The van der Waals surface area contributed by atoms with E-state index in [2.05, 4.69) is 15.9 Å². The monoisotopic (exact) mass is 284 g/mol. The van der Waals surface area contributed by atoms with Gasteiger partial charge in [-0.2, -0.15) is 11.3 Å². The number of rotatable bonds is 3. The zero-order valence-corrected chi connectivity index (χ0v) is 10.1. The van der Waals surface area contributed by atoms with Gasteiger partial charge in [-0.3, -0.25) is 0 Å². The molecule has 1 N–H and O–H groups in total. The maximum atomic E-state index is 10.9. The molecular weight excluding hydrogens is 276 g/mol. The van der Waals surface area contributed by atoms with E-state index in [4.69, 9.17) is 0 Å². The summed E-state index contributed by atoms with van der Waals surface area (Å²) in [5, 5.41) is 13.1. The maximum absolute atomic E-state index is 10.9. The summed E-state index contributed by atoms with van der Waals surface area (Å²) in [6, 6.07) is 0. The van der Waals surface area contributed by atoms with Crippen LogP contribution in [0.15, 0.2) is 15.2 Å². The lowest BCUT2D eigenvalue weighted by Gasteiger charge is -2.07. The van der Waals surface area contributed by atoms with Gasteiger partial charge in [-0.15, -0.1) is 0 Å². The van der Waals surface area contributed by atoms with Crippen LogP contribution in [0.1, 0.15) is 11.7 Å². The van der Waals surface area contributed by atoms with Gasteiger partial charge in [0.05, 0.1) is 11.9 Å². The van der Waals surface area contributed by atoms with Crippen molar-refractivity contribution in [3.8, 4) is 0 Å². The first kappa shape index (κ1) is 11.2. The van der Waals surface area contributed by atoms with Crippen LogP contribution >= 0.6 is 27.3 Å². The molecule has 0 amide bonds. The van der Waals surface area contributed by atoms with E-state index >= 15 is 0 Å². The van der Waals surface area contributed by atoms with Crippen molar-refractivity contribution in [2.75, 3.05) is 12.0 Å². The molecule has 0 bridgehead atoms. The summed E-state index contributed by atoms with van der Waals surface area (Å²) in [5.41, 5.74) is 0.635. The molecule has 0 aliphatic rings. The van der Waals surface area contributed by atoms with Gasteiger partial charge in [0.1, 0.15) is 9.84 Å². The smallest absolute Gasteiger partial charge is 0.150 e. The first-order chi connectivity index (χ1) is 5.90. The molecule has 1 heterocycles. The van der Waals surface area contributed by atoms with E-state index in [1.54, 1.807) is 10.8 Å². The Hall–Kier alpha value is 0.0900. The van der Waals surface area contributed by atoms with Gasteiger partial charge in [-0.1, -0.05) is 0 Å². The van der Waals surface area contributed by atoms with Crippen molar-refractivity contribution in [1.29, 1.82) is 0 Å². The van der Waals surface area contributed by atoms with Crippen molar-refractivity contribution in [3.05, 3.63) is 20.8 Å². The highest BCUT2D eigenvalue weighted by Gasteiger charge is 2.17. The average molecular weight is 285 g/mol. The minimum Gasteiger partial charge on any atom is -0.387 e. The predicted molar refractivity (Wildman–Crippen MR) is 56.7 cm³/mol. The van der Waals surface area contributed by atoms with Gasteiger partial charge in [0.2, 0.25) is 0 Å². The molecule has 0 fully saturated rings. The Kier molecular flexibility index (Phi) is 3.50. The number of sulfone groups is 1. The third-order valence-corrected chi connectivity index (χ3v) is 4.13. The Labute approximate surface area is 89.5 Å². The van der Waals surface area contributed by atoms with Gasteiger partial charge in [0.15, 0.2) is 0 Å². The maximum Gasteiger partial charge on any atom is 0.150 e. The molecule has 0 aromatic carbocycles. The standard InChI is InChI=1S/C7H9BrO3S2/c1-13(10,11)4-7(9)5-2-12-3-6(5)8/h2-3,7,9H,4H2,1H3. The molecule has 0 saturated carbocycles. The summed E-state index contributed by atoms with van der Waals surface area (Å²) in [6.45, 7) is 0. The number of hydrogen-bond donors (Lipinski definition) is 1. The molecule has 74 valence electrons. The molecule has 0 spiro atoms. The fourth-order valence-electron chi connectivity index (χ4n) is 0.906. The molecule has 0 radical (unpaired) electrons. The molecule has 1 rings (SSSR count). The normalized spacial score (nSPS) is 14.4. The van der Waals surface area contributed by atoms with Gasteiger partial charge in [0.25, 0.3) is 0 Å². The molecule has 0 aliphatic carbocycles. The zero-order valence-electron chi connectivity index (χ0n) is 6.90. The Bertz CT molecular complexity index is 382. The third-order valence-electron chi connectivity index (χ3n) is 1.46. The fourth-order valence-corrected chi connectivity index (χ4v) is 3.27. The first-order valence-electron chi connectivity index (χ1n) is 3.47. The minimum absolute atomic E-state index is 0.234. The van der Waals surface area contributed by atoms with Crippen LogP contribution in [-0.4, -0.2) is 25.5 Å². The van der Waals surface area contributed by atoms with E-state index in [1.807, 2.05) is 0 Å². The zero-order chi connectivity index (χ0) is 10.1. The first-order valence-corrected chi connectivity index (χ1v) is 7.27.